The fraction of sp³-hybridized carbons (Fsp3) is 0.588. The molecule has 2 nitrogen and oxygen atoms in total. The minimum atomic E-state index is 0.388. The Labute approximate surface area is 137 Å². The lowest BCUT2D eigenvalue weighted by atomic mass is 9.65. The predicted molar refractivity (Wildman–Crippen MR) is 93.9 cm³/mol. The average molecular weight is 323 g/mol. The molecule has 1 saturated heterocycles. The highest BCUT2D eigenvalue weighted by Crippen LogP contribution is 2.52. The van der Waals surface area contributed by atoms with Crippen molar-refractivity contribution in [3.63, 3.8) is 0 Å². The fourth-order valence-electron chi connectivity index (χ4n) is 4.45. The molecule has 0 radical (unpaired) electrons. The van der Waals surface area contributed by atoms with E-state index in [0.29, 0.717) is 21.9 Å². The van der Waals surface area contributed by atoms with Gasteiger partial charge in [-0.25, -0.2) is 0 Å². The number of hydrogen-bond acceptors (Lipinski definition) is 1. The number of benzene rings is 1. The molecule has 114 valence electrons. The monoisotopic (exact) mass is 322 g/mol. The second kappa shape index (κ2) is 5.13. The van der Waals surface area contributed by atoms with E-state index >= 15 is 0 Å². The molecule has 0 amide bonds. The highest BCUT2D eigenvalue weighted by Gasteiger charge is 2.50. The van der Waals surface area contributed by atoms with E-state index in [4.69, 9.17) is 23.8 Å². The number of fused-ring (bicyclic) bond motifs is 2. The molecule has 1 aliphatic carbocycles. The second-order valence-electron chi connectivity index (χ2n) is 7.75. The fourth-order valence-corrected chi connectivity index (χ4v) is 4.95. The Morgan fingerprint density at radius 1 is 1.29 bits per heavy atom. The van der Waals surface area contributed by atoms with Gasteiger partial charge in [0.15, 0.2) is 5.11 Å². The molecule has 2 aliphatic rings. The first-order valence-electron chi connectivity index (χ1n) is 7.60. The zero-order chi connectivity index (χ0) is 15.3. The summed E-state index contributed by atoms with van der Waals surface area (Å²) in [5.41, 5.74) is 1.69. The number of likely N-dealkylation sites (tertiary alicyclic amines) is 1. The molecule has 4 heteroatoms. The van der Waals surface area contributed by atoms with Crippen molar-refractivity contribution in [2.24, 2.45) is 10.8 Å². The number of nitrogens with zero attached hydrogens (tertiary/aromatic N) is 1. The molecule has 1 aromatic carbocycles. The zero-order valence-corrected chi connectivity index (χ0v) is 14.5. The van der Waals surface area contributed by atoms with Gasteiger partial charge in [0.05, 0.1) is 10.7 Å². The normalized spacial score (nSPS) is 30.3. The van der Waals surface area contributed by atoms with Gasteiger partial charge in [0.25, 0.3) is 0 Å². The summed E-state index contributed by atoms with van der Waals surface area (Å²) in [6, 6.07) is 8.33. The summed E-state index contributed by atoms with van der Waals surface area (Å²) in [4.78, 5) is 2.38. The van der Waals surface area contributed by atoms with Crippen molar-refractivity contribution in [1.82, 2.24) is 4.90 Å². The molecule has 1 saturated carbocycles. The Morgan fingerprint density at radius 2 is 2.00 bits per heavy atom. The molecule has 0 unspecified atom stereocenters. The maximum absolute atomic E-state index is 6.22. The van der Waals surface area contributed by atoms with Gasteiger partial charge < -0.3 is 10.2 Å². The Kier molecular flexibility index (Phi) is 3.69. The Bertz CT molecular complexity index is 572. The van der Waals surface area contributed by atoms with Crippen LogP contribution in [0.25, 0.3) is 0 Å². The number of thiocarbonyl (C=S) groups is 1. The number of hydrogen-bond donors (Lipinski definition) is 1. The number of nitrogens with one attached hydrogen (secondary N) is 1. The summed E-state index contributed by atoms with van der Waals surface area (Å²) in [7, 11) is 0. The third kappa shape index (κ3) is 3.04. The molecule has 0 aromatic heterocycles. The van der Waals surface area contributed by atoms with Gasteiger partial charge in [-0.3, -0.25) is 0 Å². The summed E-state index contributed by atoms with van der Waals surface area (Å²) in [6.45, 7) is 8.22. The molecule has 1 aromatic rings. The van der Waals surface area contributed by atoms with Crippen LogP contribution >= 0.6 is 23.8 Å². The lowest BCUT2D eigenvalue weighted by molar-refractivity contribution is 0.132. The van der Waals surface area contributed by atoms with E-state index in [1.807, 2.05) is 24.3 Å². The maximum Gasteiger partial charge on any atom is 0.173 e. The predicted octanol–water partition coefficient (Wildman–Crippen LogP) is 4.94. The van der Waals surface area contributed by atoms with Crippen LogP contribution < -0.4 is 5.32 Å². The summed E-state index contributed by atoms with van der Waals surface area (Å²) in [5.74, 6) is 0. The molecule has 1 N–H and O–H groups in total. The van der Waals surface area contributed by atoms with Crippen LogP contribution in [0.2, 0.25) is 5.02 Å². The van der Waals surface area contributed by atoms with Crippen LogP contribution in [-0.2, 0) is 0 Å². The van der Waals surface area contributed by atoms with Crippen molar-refractivity contribution in [2.75, 3.05) is 11.9 Å². The lowest BCUT2D eigenvalue weighted by Crippen LogP contribution is -2.40. The van der Waals surface area contributed by atoms with Crippen molar-refractivity contribution >= 4 is 34.6 Å². The second-order valence-corrected chi connectivity index (χ2v) is 8.55. The summed E-state index contributed by atoms with van der Waals surface area (Å²) in [6.07, 6.45) is 3.75. The van der Waals surface area contributed by atoms with Crippen molar-refractivity contribution in [3.8, 4) is 0 Å². The molecule has 1 heterocycles. The molecule has 1 aliphatic heterocycles. The van der Waals surface area contributed by atoms with Gasteiger partial charge in [0.1, 0.15) is 0 Å². The zero-order valence-electron chi connectivity index (χ0n) is 12.9. The van der Waals surface area contributed by atoms with E-state index in [0.717, 1.165) is 17.3 Å². The third-order valence-electron chi connectivity index (χ3n) is 4.79. The SMILES string of the molecule is CC1(C)C[C@@H]2C[C@](C)(CN2C(=S)Nc2ccccc2Cl)C1. The minimum absolute atomic E-state index is 0.388. The highest BCUT2D eigenvalue weighted by atomic mass is 35.5. The molecule has 21 heavy (non-hydrogen) atoms. The molecule has 2 bridgehead atoms. The summed E-state index contributed by atoms with van der Waals surface area (Å²) in [5, 5.41) is 4.87. The van der Waals surface area contributed by atoms with Crippen molar-refractivity contribution < 1.29 is 0 Å². The van der Waals surface area contributed by atoms with Gasteiger partial charge >= 0.3 is 0 Å². The van der Waals surface area contributed by atoms with E-state index in [2.05, 4.69) is 31.0 Å². The van der Waals surface area contributed by atoms with Gasteiger partial charge in [-0.2, -0.15) is 0 Å². The van der Waals surface area contributed by atoms with E-state index < -0.39 is 0 Å². The van der Waals surface area contributed by atoms with Gasteiger partial charge in [0, 0.05) is 12.6 Å². The Hall–Kier alpha value is -0.800. The molecule has 0 spiro atoms. The van der Waals surface area contributed by atoms with Crippen LogP contribution in [0.3, 0.4) is 0 Å². The number of para-hydroxylation sites is 1. The molecular weight excluding hydrogens is 300 g/mol. The summed E-state index contributed by atoms with van der Waals surface area (Å²) < 4.78 is 0. The average Bonchev–Trinajstić information content (AvgIpc) is 2.61. The smallest absolute Gasteiger partial charge is 0.173 e. The third-order valence-corrected chi connectivity index (χ3v) is 5.46. The molecule has 2 fully saturated rings. The first kappa shape index (κ1) is 15.1. The van der Waals surface area contributed by atoms with E-state index in [1.54, 1.807) is 0 Å². The Morgan fingerprint density at radius 3 is 2.71 bits per heavy atom. The molecule has 2 atom stereocenters. The lowest BCUT2D eigenvalue weighted by Gasteiger charge is -2.39. The van der Waals surface area contributed by atoms with Gasteiger partial charge in [0.2, 0.25) is 0 Å². The van der Waals surface area contributed by atoms with Gasteiger partial charge in [-0.15, -0.1) is 0 Å². The molecular formula is C17H23ClN2S. The van der Waals surface area contributed by atoms with Crippen LogP contribution in [-0.4, -0.2) is 22.6 Å². The molecule has 3 rings (SSSR count). The van der Waals surface area contributed by atoms with Crippen LogP contribution in [0, 0.1) is 10.8 Å². The highest BCUT2D eigenvalue weighted by molar-refractivity contribution is 7.80. The van der Waals surface area contributed by atoms with Crippen LogP contribution in [0.4, 0.5) is 5.69 Å². The van der Waals surface area contributed by atoms with Crippen LogP contribution in [0.5, 0.6) is 0 Å². The largest absolute Gasteiger partial charge is 0.345 e. The number of halogens is 1. The first-order valence-corrected chi connectivity index (χ1v) is 8.39. The maximum atomic E-state index is 6.22. The topological polar surface area (TPSA) is 15.3 Å². The van der Waals surface area contributed by atoms with Crippen LogP contribution in [0.1, 0.15) is 40.0 Å². The first-order chi connectivity index (χ1) is 9.78. The summed E-state index contributed by atoms with van der Waals surface area (Å²) >= 11 is 11.9. The van der Waals surface area contributed by atoms with Gasteiger partial charge in [-0.1, -0.05) is 44.5 Å². The minimum Gasteiger partial charge on any atom is -0.345 e. The van der Waals surface area contributed by atoms with Crippen molar-refractivity contribution in [1.29, 1.82) is 0 Å². The van der Waals surface area contributed by atoms with Crippen molar-refractivity contribution in [2.45, 2.75) is 46.1 Å². The van der Waals surface area contributed by atoms with Gasteiger partial charge in [-0.05, 0) is 54.4 Å². The van der Waals surface area contributed by atoms with E-state index in [9.17, 15) is 0 Å². The number of anilines is 1. The Balaban J connectivity index is 1.76. The number of rotatable bonds is 1. The van der Waals surface area contributed by atoms with E-state index in [-0.39, 0.29) is 0 Å². The van der Waals surface area contributed by atoms with E-state index in [1.165, 1.54) is 19.3 Å². The quantitative estimate of drug-likeness (QED) is 0.737. The van der Waals surface area contributed by atoms with Crippen molar-refractivity contribution in [3.05, 3.63) is 29.3 Å². The standard InChI is InChI=1S/C17H23ClN2S/c1-16(2)8-12-9-17(3,10-16)11-20(12)15(21)19-14-7-5-4-6-13(14)18/h4-7,12H,8-11H2,1-3H3,(H,19,21)/t12-,17+/m1/s1. The van der Waals surface area contributed by atoms with Crippen LogP contribution in [0.15, 0.2) is 24.3 Å².